The minimum absolute atomic E-state index is 0.0879. The number of urea groups is 1. The van der Waals surface area contributed by atoms with Gasteiger partial charge >= 0.3 is 6.03 Å². The van der Waals surface area contributed by atoms with Gasteiger partial charge in [-0.1, -0.05) is 24.3 Å². The number of aromatic nitrogens is 2. The molecule has 0 aliphatic carbocycles. The van der Waals surface area contributed by atoms with Crippen molar-refractivity contribution in [1.29, 1.82) is 0 Å². The molecule has 2 heterocycles. The molecule has 0 atom stereocenters. The van der Waals surface area contributed by atoms with Crippen LogP contribution in [0.15, 0.2) is 36.7 Å². The van der Waals surface area contributed by atoms with Crippen molar-refractivity contribution in [2.75, 3.05) is 33.4 Å². The Morgan fingerprint density at radius 1 is 1.27 bits per heavy atom. The third-order valence-corrected chi connectivity index (χ3v) is 4.57. The van der Waals surface area contributed by atoms with Crippen LogP contribution in [0, 0.1) is 0 Å². The van der Waals surface area contributed by atoms with Gasteiger partial charge in [-0.3, -0.25) is 9.58 Å². The minimum atomic E-state index is -0.0879. The van der Waals surface area contributed by atoms with Gasteiger partial charge in [0.2, 0.25) is 0 Å². The highest BCUT2D eigenvalue weighted by atomic mass is 16.5. The summed E-state index contributed by atoms with van der Waals surface area (Å²) in [6, 6.07) is 8.20. The fraction of sp³-hybridized carbons (Fsp3) is 0.474. The van der Waals surface area contributed by atoms with E-state index in [9.17, 15) is 4.79 Å². The average Bonchev–Trinajstić information content (AvgIpc) is 3.06. The standard InChI is InChI=1S/C19H27N5O2/c1-22(13-16-11-21-23(2)14-16)19(25)20-12-17-5-3-4-6-18(17)15-24-7-9-26-10-8-24/h3-6,11,14H,7-10,12-13,15H2,1-2H3,(H,20,25). The topological polar surface area (TPSA) is 62.6 Å². The molecule has 0 radical (unpaired) electrons. The van der Waals surface area contributed by atoms with Crippen molar-refractivity contribution in [2.45, 2.75) is 19.6 Å². The zero-order valence-corrected chi connectivity index (χ0v) is 15.5. The van der Waals surface area contributed by atoms with Gasteiger partial charge in [0, 0.05) is 52.0 Å². The summed E-state index contributed by atoms with van der Waals surface area (Å²) in [5.41, 5.74) is 3.42. The molecular formula is C19H27N5O2. The average molecular weight is 357 g/mol. The summed E-state index contributed by atoms with van der Waals surface area (Å²) in [7, 11) is 3.66. The van der Waals surface area contributed by atoms with Crippen molar-refractivity contribution in [1.82, 2.24) is 24.9 Å². The Balaban J connectivity index is 1.54. The maximum absolute atomic E-state index is 12.4. The number of amides is 2. The lowest BCUT2D eigenvalue weighted by Gasteiger charge is -2.27. The highest BCUT2D eigenvalue weighted by molar-refractivity contribution is 5.73. The van der Waals surface area contributed by atoms with Gasteiger partial charge in [-0.05, 0) is 11.1 Å². The van der Waals surface area contributed by atoms with Crippen LogP contribution < -0.4 is 5.32 Å². The molecule has 2 amide bonds. The van der Waals surface area contributed by atoms with Gasteiger partial charge in [0.25, 0.3) is 0 Å². The molecule has 3 rings (SSSR count). The molecular weight excluding hydrogens is 330 g/mol. The Kier molecular flexibility index (Phi) is 6.25. The molecule has 7 nitrogen and oxygen atoms in total. The van der Waals surface area contributed by atoms with E-state index in [2.05, 4.69) is 33.5 Å². The number of morpholine rings is 1. The van der Waals surface area contributed by atoms with Crippen molar-refractivity contribution >= 4 is 6.03 Å². The first kappa shape index (κ1) is 18.4. The first-order valence-electron chi connectivity index (χ1n) is 8.95. The van der Waals surface area contributed by atoms with Crippen LogP contribution in [0.25, 0.3) is 0 Å². The van der Waals surface area contributed by atoms with Crippen LogP contribution in [0.3, 0.4) is 0 Å². The normalized spacial score (nSPS) is 15.0. The lowest BCUT2D eigenvalue weighted by molar-refractivity contribution is 0.0341. The molecule has 1 aromatic heterocycles. The Hall–Kier alpha value is -2.38. The number of carbonyl (C=O) groups is 1. The van der Waals surface area contributed by atoms with E-state index in [1.165, 1.54) is 5.56 Å². The second-order valence-electron chi connectivity index (χ2n) is 6.69. The Bertz CT molecular complexity index is 724. The summed E-state index contributed by atoms with van der Waals surface area (Å²) < 4.78 is 7.15. The molecule has 1 aliphatic heterocycles. The number of carbonyl (C=O) groups excluding carboxylic acids is 1. The van der Waals surface area contributed by atoms with Crippen molar-refractivity contribution in [3.05, 3.63) is 53.3 Å². The SMILES string of the molecule is CN(Cc1cnn(C)c1)C(=O)NCc1ccccc1CN1CCOCC1. The lowest BCUT2D eigenvalue weighted by Crippen LogP contribution is -2.37. The van der Waals surface area contributed by atoms with Crippen LogP contribution in [0.2, 0.25) is 0 Å². The first-order valence-corrected chi connectivity index (χ1v) is 8.95. The molecule has 0 saturated carbocycles. The second-order valence-corrected chi connectivity index (χ2v) is 6.69. The fourth-order valence-corrected chi connectivity index (χ4v) is 3.09. The molecule has 140 valence electrons. The Morgan fingerprint density at radius 3 is 2.69 bits per heavy atom. The summed E-state index contributed by atoms with van der Waals surface area (Å²) in [5.74, 6) is 0. The molecule has 0 bridgehead atoms. The van der Waals surface area contributed by atoms with E-state index in [1.54, 1.807) is 22.8 Å². The third-order valence-electron chi connectivity index (χ3n) is 4.57. The highest BCUT2D eigenvalue weighted by Gasteiger charge is 2.14. The molecule has 1 N–H and O–H groups in total. The monoisotopic (exact) mass is 357 g/mol. The maximum Gasteiger partial charge on any atom is 0.317 e. The molecule has 26 heavy (non-hydrogen) atoms. The maximum atomic E-state index is 12.4. The number of ether oxygens (including phenoxy) is 1. The van der Waals surface area contributed by atoms with Crippen LogP contribution in [-0.4, -0.2) is 59.0 Å². The molecule has 2 aromatic rings. The quantitative estimate of drug-likeness (QED) is 0.853. The fourth-order valence-electron chi connectivity index (χ4n) is 3.09. The van der Waals surface area contributed by atoms with Crippen molar-refractivity contribution < 1.29 is 9.53 Å². The zero-order chi connectivity index (χ0) is 18.4. The Morgan fingerprint density at radius 2 is 2.00 bits per heavy atom. The minimum Gasteiger partial charge on any atom is -0.379 e. The van der Waals surface area contributed by atoms with E-state index in [-0.39, 0.29) is 6.03 Å². The van der Waals surface area contributed by atoms with E-state index in [1.807, 2.05) is 19.3 Å². The van der Waals surface area contributed by atoms with E-state index in [0.29, 0.717) is 13.1 Å². The van der Waals surface area contributed by atoms with Gasteiger partial charge < -0.3 is 15.0 Å². The van der Waals surface area contributed by atoms with Gasteiger partial charge in [0.15, 0.2) is 0 Å². The number of hydrogen-bond acceptors (Lipinski definition) is 4. The van der Waals surface area contributed by atoms with Gasteiger partial charge in [0.1, 0.15) is 0 Å². The van der Waals surface area contributed by atoms with Crippen LogP contribution >= 0.6 is 0 Å². The summed E-state index contributed by atoms with van der Waals surface area (Å²) in [4.78, 5) is 16.4. The second kappa shape index (κ2) is 8.82. The molecule has 1 fully saturated rings. The summed E-state index contributed by atoms with van der Waals surface area (Å²) in [6.07, 6.45) is 3.70. The summed E-state index contributed by atoms with van der Waals surface area (Å²) in [5, 5.41) is 7.15. The van der Waals surface area contributed by atoms with Crippen molar-refractivity contribution in [2.24, 2.45) is 7.05 Å². The van der Waals surface area contributed by atoms with E-state index in [0.717, 1.165) is 44.0 Å². The summed E-state index contributed by atoms with van der Waals surface area (Å²) in [6.45, 7) is 5.44. The third kappa shape index (κ3) is 5.06. The highest BCUT2D eigenvalue weighted by Crippen LogP contribution is 2.13. The molecule has 1 aromatic carbocycles. The van der Waals surface area contributed by atoms with Crippen LogP contribution in [0.5, 0.6) is 0 Å². The molecule has 7 heteroatoms. The smallest absolute Gasteiger partial charge is 0.317 e. The molecule has 0 unspecified atom stereocenters. The lowest BCUT2D eigenvalue weighted by atomic mass is 10.1. The summed E-state index contributed by atoms with van der Waals surface area (Å²) >= 11 is 0. The Labute approximate surface area is 154 Å². The zero-order valence-electron chi connectivity index (χ0n) is 15.5. The van der Waals surface area contributed by atoms with Gasteiger partial charge in [-0.15, -0.1) is 0 Å². The largest absolute Gasteiger partial charge is 0.379 e. The van der Waals surface area contributed by atoms with Crippen LogP contribution in [-0.2, 0) is 31.4 Å². The number of nitrogens with one attached hydrogen (secondary N) is 1. The van der Waals surface area contributed by atoms with Gasteiger partial charge in [-0.2, -0.15) is 5.10 Å². The predicted octanol–water partition coefficient (Wildman–Crippen LogP) is 1.59. The predicted molar refractivity (Wildman–Crippen MR) is 99.4 cm³/mol. The van der Waals surface area contributed by atoms with E-state index >= 15 is 0 Å². The number of hydrogen-bond donors (Lipinski definition) is 1. The number of aryl methyl sites for hydroxylation is 1. The van der Waals surface area contributed by atoms with Crippen LogP contribution in [0.4, 0.5) is 4.79 Å². The number of benzene rings is 1. The number of rotatable bonds is 6. The van der Waals surface area contributed by atoms with Crippen LogP contribution in [0.1, 0.15) is 16.7 Å². The van der Waals surface area contributed by atoms with Gasteiger partial charge in [-0.25, -0.2) is 4.79 Å². The number of nitrogens with zero attached hydrogens (tertiary/aromatic N) is 4. The van der Waals surface area contributed by atoms with E-state index in [4.69, 9.17) is 4.74 Å². The van der Waals surface area contributed by atoms with E-state index < -0.39 is 0 Å². The van der Waals surface area contributed by atoms with Gasteiger partial charge in [0.05, 0.1) is 26.0 Å². The first-order chi connectivity index (χ1) is 12.6. The molecule has 0 spiro atoms. The van der Waals surface area contributed by atoms with Crippen molar-refractivity contribution in [3.63, 3.8) is 0 Å². The molecule has 1 saturated heterocycles. The van der Waals surface area contributed by atoms with Crippen molar-refractivity contribution in [3.8, 4) is 0 Å². The molecule has 1 aliphatic rings.